The lowest BCUT2D eigenvalue weighted by molar-refractivity contribution is 0.324. The molecule has 0 saturated heterocycles. The lowest BCUT2D eigenvalue weighted by Gasteiger charge is -2.30. The van der Waals surface area contributed by atoms with E-state index in [1.54, 1.807) is 42.7 Å². The monoisotopic (exact) mass is 608 g/mol. The van der Waals surface area contributed by atoms with Gasteiger partial charge in [-0.25, -0.2) is 0 Å². The van der Waals surface area contributed by atoms with E-state index in [1.807, 2.05) is 47.0 Å². The highest BCUT2D eigenvalue weighted by Crippen LogP contribution is 2.54. The summed E-state index contributed by atoms with van der Waals surface area (Å²) < 4.78 is 33.6. The molecule has 0 unspecified atom stereocenters. The van der Waals surface area contributed by atoms with Gasteiger partial charge in [0.2, 0.25) is 11.5 Å². The molecular formula is C29H36O6S4. The second-order valence-corrected chi connectivity index (χ2v) is 13.6. The average Bonchev–Trinajstić information content (AvgIpc) is 3.23. The fourth-order valence-corrected chi connectivity index (χ4v) is 10.7. The fraction of sp³-hybridized carbons (Fsp3) is 0.448. The molecule has 2 aromatic rings. The van der Waals surface area contributed by atoms with Gasteiger partial charge in [0.1, 0.15) is 0 Å². The first-order valence-corrected chi connectivity index (χ1v) is 16.3. The molecule has 4 rings (SSSR count). The number of benzene rings is 2. The van der Waals surface area contributed by atoms with Crippen LogP contribution >= 0.6 is 47.0 Å². The maximum atomic E-state index is 5.63. The SMILES string of the molecule is COc1cc(C2=C(C)SCC3(CSC(C)=C(c4cc(OC)c(OC)c(OC)c4)SC3)CS2)cc(OC)c1OC. The van der Waals surface area contributed by atoms with Gasteiger partial charge < -0.3 is 28.4 Å². The molecule has 0 atom stereocenters. The van der Waals surface area contributed by atoms with Gasteiger partial charge >= 0.3 is 0 Å². The summed E-state index contributed by atoms with van der Waals surface area (Å²) in [6, 6.07) is 8.21. The Kier molecular flexibility index (Phi) is 10.2. The third-order valence-corrected chi connectivity index (χ3v) is 12.9. The summed E-state index contributed by atoms with van der Waals surface area (Å²) in [7, 11) is 9.91. The van der Waals surface area contributed by atoms with E-state index >= 15 is 0 Å². The normalized spacial score (nSPS) is 17.4. The number of allylic oxidation sites excluding steroid dienone is 2. The van der Waals surface area contributed by atoms with E-state index in [2.05, 4.69) is 38.1 Å². The smallest absolute Gasteiger partial charge is 0.203 e. The van der Waals surface area contributed by atoms with Crippen LogP contribution in [0.5, 0.6) is 34.5 Å². The molecule has 2 aromatic carbocycles. The molecule has 0 aliphatic carbocycles. The van der Waals surface area contributed by atoms with Gasteiger partial charge in [0.05, 0.1) is 42.7 Å². The predicted molar refractivity (Wildman–Crippen MR) is 170 cm³/mol. The molecule has 1 spiro atoms. The maximum absolute atomic E-state index is 5.63. The van der Waals surface area contributed by atoms with Gasteiger partial charge in [-0.1, -0.05) is 0 Å². The van der Waals surface area contributed by atoms with Crippen molar-refractivity contribution in [1.29, 1.82) is 0 Å². The molecule has 2 heterocycles. The summed E-state index contributed by atoms with van der Waals surface area (Å²) in [4.78, 5) is 5.18. The average molecular weight is 609 g/mol. The van der Waals surface area contributed by atoms with Crippen LogP contribution in [0.25, 0.3) is 9.81 Å². The summed E-state index contributed by atoms with van der Waals surface area (Å²) in [5.41, 5.74) is 2.36. The molecule has 0 saturated carbocycles. The van der Waals surface area contributed by atoms with Crippen molar-refractivity contribution in [3.8, 4) is 34.5 Å². The Morgan fingerprint density at radius 3 is 1.08 bits per heavy atom. The van der Waals surface area contributed by atoms with Gasteiger partial charge in [-0.05, 0) is 59.1 Å². The van der Waals surface area contributed by atoms with Crippen molar-refractivity contribution in [2.75, 3.05) is 65.7 Å². The first-order chi connectivity index (χ1) is 18.8. The summed E-state index contributed by atoms with van der Waals surface area (Å²) in [5, 5.41) is 0. The minimum atomic E-state index is 0.165. The van der Waals surface area contributed by atoms with E-state index in [9.17, 15) is 0 Å². The van der Waals surface area contributed by atoms with Crippen LogP contribution in [0.2, 0.25) is 0 Å². The highest BCUT2D eigenvalue weighted by molar-refractivity contribution is 8.13. The Hall–Kier alpha value is -1.88. The molecule has 39 heavy (non-hydrogen) atoms. The number of thioether (sulfide) groups is 4. The second-order valence-electron chi connectivity index (χ2n) is 9.25. The summed E-state index contributed by atoms with van der Waals surface area (Å²) in [6.45, 7) is 4.44. The molecule has 0 N–H and O–H groups in total. The molecular weight excluding hydrogens is 573 g/mol. The van der Waals surface area contributed by atoms with Gasteiger partial charge in [-0.2, -0.15) is 0 Å². The molecule has 6 nitrogen and oxygen atoms in total. The van der Waals surface area contributed by atoms with E-state index in [-0.39, 0.29) is 5.41 Å². The van der Waals surface area contributed by atoms with Crippen LogP contribution in [0.1, 0.15) is 25.0 Å². The van der Waals surface area contributed by atoms with Crippen LogP contribution in [0.3, 0.4) is 0 Å². The van der Waals surface area contributed by atoms with Crippen molar-refractivity contribution in [3.05, 3.63) is 45.2 Å². The van der Waals surface area contributed by atoms with Crippen molar-refractivity contribution in [3.63, 3.8) is 0 Å². The molecule has 0 amide bonds. The van der Waals surface area contributed by atoms with Crippen molar-refractivity contribution in [2.45, 2.75) is 13.8 Å². The first-order valence-electron chi connectivity index (χ1n) is 12.4. The fourth-order valence-electron chi connectivity index (χ4n) is 4.56. The lowest BCUT2D eigenvalue weighted by atomic mass is 9.99. The Bertz CT molecular complexity index is 1120. The van der Waals surface area contributed by atoms with Crippen LogP contribution in [-0.4, -0.2) is 65.7 Å². The zero-order chi connectivity index (χ0) is 28.2. The molecule has 212 valence electrons. The van der Waals surface area contributed by atoms with E-state index in [0.29, 0.717) is 34.5 Å². The van der Waals surface area contributed by atoms with E-state index in [0.717, 1.165) is 34.1 Å². The number of hydrogen-bond donors (Lipinski definition) is 0. The standard InChI is InChI=1S/C29H36O6S4/c1-17-27(19-9-21(30-3)25(34-7)22(10-19)31-4)38-15-29(13-36-17)14-37-18(2)28(39-16-29)20-11-23(32-5)26(35-8)24(12-20)33-6/h9-12H,13-16H2,1-8H3. The Balaban J connectivity index is 1.58. The highest BCUT2D eigenvalue weighted by atomic mass is 32.2. The van der Waals surface area contributed by atoms with Crippen LogP contribution in [0.15, 0.2) is 34.1 Å². The topological polar surface area (TPSA) is 55.4 Å². The number of hydrogen-bond acceptors (Lipinski definition) is 10. The Morgan fingerprint density at radius 2 is 0.795 bits per heavy atom. The van der Waals surface area contributed by atoms with Crippen molar-refractivity contribution in [1.82, 2.24) is 0 Å². The Labute approximate surface area is 248 Å². The van der Waals surface area contributed by atoms with E-state index in [4.69, 9.17) is 28.4 Å². The Morgan fingerprint density at radius 1 is 0.487 bits per heavy atom. The summed E-state index contributed by atoms with van der Waals surface area (Å²) >= 11 is 7.77. The maximum Gasteiger partial charge on any atom is 0.203 e. The highest BCUT2D eigenvalue weighted by Gasteiger charge is 2.37. The molecule has 0 aromatic heterocycles. The molecule has 10 heteroatoms. The van der Waals surface area contributed by atoms with Gasteiger partial charge in [0.25, 0.3) is 0 Å². The van der Waals surface area contributed by atoms with Gasteiger partial charge in [0.15, 0.2) is 23.0 Å². The van der Waals surface area contributed by atoms with Crippen molar-refractivity contribution >= 4 is 56.9 Å². The molecule has 2 aliphatic rings. The lowest BCUT2D eigenvalue weighted by Crippen LogP contribution is -2.31. The number of methoxy groups -OCH3 is 6. The quantitative estimate of drug-likeness (QED) is 0.297. The first kappa shape index (κ1) is 30.1. The molecule has 0 fully saturated rings. The summed E-state index contributed by atoms with van der Waals surface area (Å²) in [5.74, 6) is 8.10. The zero-order valence-electron chi connectivity index (χ0n) is 23.7. The van der Waals surface area contributed by atoms with Gasteiger partial charge in [-0.15, -0.1) is 47.0 Å². The summed E-state index contributed by atoms with van der Waals surface area (Å²) in [6.07, 6.45) is 0. The molecule has 0 radical (unpaired) electrons. The zero-order valence-corrected chi connectivity index (χ0v) is 27.0. The number of rotatable bonds is 8. The van der Waals surface area contributed by atoms with E-state index < -0.39 is 0 Å². The number of ether oxygens (including phenoxy) is 6. The van der Waals surface area contributed by atoms with Gasteiger partial charge in [-0.3, -0.25) is 0 Å². The third kappa shape index (κ3) is 6.24. The predicted octanol–water partition coefficient (Wildman–Crippen LogP) is 7.76. The van der Waals surface area contributed by atoms with Crippen LogP contribution < -0.4 is 28.4 Å². The third-order valence-electron chi connectivity index (χ3n) is 6.73. The molecule has 0 bridgehead atoms. The van der Waals surface area contributed by atoms with Crippen LogP contribution in [0.4, 0.5) is 0 Å². The largest absolute Gasteiger partial charge is 0.493 e. The molecule has 2 aliphatic heterocycles. The van der Waals surface area contributed by atoms with Gasteiger partial charge in [0, 0.05) is 38.2 Å². The second kappa shape index (κ2) is 13.2. The minimum Gasteiger partial charge on any atom is -0.493 e. The van der Waals surface area contributed by atoms with Crippen LogP contribution in [0, 0.1) is 5.41 Å². The van der Waals surface area contributed by atoms with E-state index in [1.165, 1.54) is 19.6 Å². The minimum absolute atomic E-state index is 0.165. The van der Waals surface area contributed by atoms with Crippen LogP contribution in [-0.2, 0) is 0 Å². The van der Waals surface area contributed by atoms with Crippen molar-refractivity contribution < 1.29 is 28.4 Å². The van der Waals surface area contributed by atoms with Crippen molar-refractivity contribution in [2.24, 2.45) is 5.41 Å².